The van der Waals surface area contributed by atoms with Crippen LogP contribution in [-0.2, 0) is 9.53 Å². The van der Waals surface area contributed by atoms with E-state index in [2.05, 4.69) is 10.0 Å². The first-order valence-corrected chi connectivity index (χ1v) is 4.37. The Balaban J connectivity index is 2.11. The van der Waals surface area contributed by atoms with Gasteiger partial charge in [-0.3, -0.25) is 4.79 Å². The van der Waals surface area contributed by atoms with Crippen molar-refractivity contribution in [3.05, 3.63) is 10.4 Å². The van der Waals surface area contributed by atoms with Crippen LogP contribution in [0.5, 0.6) is 0 Å². The summed E-state index contributed by atoms with van der Waals surface area (Å²) in [4.78, 5) is 14.2. The summed E-state index contributed by atoms with van der Waals surface area (Å²) >= 11 is 0. The van der Waals surface area contributed by atoms with Gasteiger partial charge < -0.3 is 4.74 Å². The molecule has 2 fully saturated rings. The minimum absolute atomic E-state index is 0.0177. The molecule has 0 spiro atoms. The number of nitrogens with zero attached hydrogens (tertiary/aromatic N) is 3. The first kappa shape index (κ1) is 8.38. The van der Waals surface area contributed by atoms with E-state index < -0.39 is 0 Å². The van der Waals surface area contributed by atoms with Gasteiger partial charge in [0.25, 0.3) is 0 Å². The Labute approximate surface area is 75.7 Å². The average molecular weight is 181 g/mol. The van der Waals surface area contributed by atoms with Crippen molar-refractivity contribution in [3.8, 4) is 0 Å². The summed E-state index contributed by atoms with van der Waals surface area (Å²) < 4.78 is 4.73. The second-order valence-corrected chi connectivity index (χ2v) is 3.77. The van der Waals surface area contributed by atoms with E-state index in [1.54, 1.807) is 0 Å². The molecule has 3 atom stereocenters. The molecular formula is C8H11N3O2. The highest BCUT2D eigenvalue weighted by atomic mass is 16.5. The van der Waals surface area contributed by atoms with Crippen molar-refractivity contribution in [2.75, 3.05) is 7.11 Å². The summed E-state index contributed by atoms with van der Waals surface area (Å²) in [5.41, 5.74) is 8.00. The van der Waals surface area contributed by atoms with Gasteiger partial charge in [0.05, 0.1) is 12.5 Å². The van der Waals surface area contributed by atoms with E-state index in [0.29, 0.717) is 0 Å². The standard InChI is InChI=1S/C8H11N3O2/c1-13-7(12)8-3-2-6(10-11-9)5(8)4-8/h5-6H,2-4H2,1H3/t5-,6-,8+/m0/s1. The molecule has 0 radical (unpaired) electrons. The third-order valence-corrected chi connectivity index (χ3v) is 3.28. The molecule has 5 heteroatoms. The Kier molecular flexibility index (Phi) is 1.70. The van der Waals surface area contributed by atoms with Crippen molar-refractivity contribution in [3.63, 3.8) is 0 Å². The normalized spacial score (nSPS) is 40.4. The van der Waals surface area contributed by atoms with Crippen LogP contribution in [0.3, 0.4) is 0 Å². The quantitative estimate of drug-likeness (QED) is 0.281. The Morgan fingerprint density at radius 1 is 1.77 bits per heavy atom. The highest BCUT2D eigenvalue weighted by Gasteiger charge is 2.66. The Morgan fingerprint density at radius 3 is 3.08 bits per heavy atom. The molecule has 0 aromatic carbocycles. The third kappa shape index (κ3) is 1.00. The highest BCUT2D eigenvalue weighted by molar-refractivity contribution is 5.81. The molecule has 70 valence electrons. The van der Waals surface area contributed by atoms with Gasteiger partial charge in [0.1, 0.15) is 0 Å². The fourth-order valence-electron chi connectivity index (χ4n) is 2.48. The number of carbonyl (C=O) groups excluding carboxylic acids is 1. The molecule has 0 aliphatic heterocycles. The molecule has 2 aliphatic rings. The predicted octanol–water partition coefficient (Wildman–Crippen LogP) is 1.64. The van der Waals surface area contributed by atoms with Gasteiger partial charge in [0.2, 0.25) is 0 Å². The maximum absolute atomic E-state index is 11.4. The minimum atomic E-state index is -0.284. The number of rotatable bonds is 2. The van der Waals surface area contributed by atoms with Crippen molar-refractivity contribution >= 4 is 5.97 Å². The topological polar surface area (TPSA) is 75.1 Å². The maximum atomic E-state index is 11.4. The van der Waals surface area contributed by atoms with Crippen LogP contribution >= 0.6 is 0 Å². The minimum Gasteiger partial charge on any atom is -0.469 e. The number of hydrogen-bond acceptors (Lipinski definition) is 3. The van der Waals surface area contributed by atoms with Gasteiger partial charge in [-0.05, 0) is 30.7 Å². The van der Waals surface area contributed by atoms with Crippen molar-refractivity contribution < 1.29 is 9.53 Å². The van der Waals surface area contributed by atoms with E-state index in [-0.39, 0.29) is 23.3 Å². The Morgan fingerprint density at radius 2 is 2.54 bits per heavy atom. The number of azide groups is 1. The SMILES string of the molecule is COC(=O)[C@@]12CC[C@H](N=[N+]=[N-])[C@@H]1C2. The molecule has 0 N–H and O–H groups in total. The molecule has 5 nitrogen and oxygen atoms in total. The lowest BCUT2D eigenvalue weighted by Gasteiger charge is -2.06. The lowest BCUT2D eigenvalue weighted by Crippen LogP contribution is -2.16. The lowest BCUT2D eigenvalue weighted by molar-refractivity contribution is -0.147. The lowest BCUT2D eigenvalue weighted by atomic mass is 10.1. The molecule has 2 saturated carbocycles. The Bertz CT molecular complexity index is 298. The van der Waals surface area contributed by atoms with Crippen molar-refractivity contribution in [2.24, 2.45) is 16.4 Å². The molecule has 0 heterocycles. The number of ether oxygens (including phenoxy) is 1. The fourth-order valence-corrected chi connectivity index (χ4v) is 2.48. The van der Waals surface area contributed by atoms with Crippen LogP contribution in [0.25, 0.3) is 10.4 Å². The third-order valence-electron chi connectivity index (χ3n) is 3.28. The summed E-state index contributed by atoms with van der Waals surface area (Å²) in [6.07, 6.45) is 2.47. The summed E-state index contributed by atoms with van der Waals surface area (Å²) in [5, 5.41) is 3.68. The zero-order chi connectivity index (χ0) is 9.47. The van der Waals surface area contributed by atoms with Gasteiger partial charge in [-0.15, -0.1) is 0 Å². The second kappa shape index (κ2) is 2.64. The van der Waals surface area contributed by atoms with Gasteiger partial charge in [0, 0.05) is 11.0 Å². The molecular weight excluding hydrogens is 170 g/mol. The van der Waals surface area contributed by atoms with Crippen LogP contribution in [-0.4, -0.2) is 19.1 Å². The molecule has 0 bridgehead atoms. The number of esters is 1. The van der Waals surface area contributed by atoms with E-state index >= 15 is 0 Å². The monoisotopic (exact) mass is 181 g/mol. The molecule has 0 unspecified atom stereocenters. The molecule has 2 rings (SSSR count). The van der Waals surface area contributed by atoms with Crippen LogP contribution in [0.1, 0.15) is 19.3 Å². The predicted molar refractivity (Wildman–Crippen MR) is 44.7 cm³/mol. The Hall–Kier alpha value is -1.22. The second-order valence-electron chi connectivity index (χ2n) is 3.77. The van der Waals surface area contributed by atoms with Crippen molar-refractivity contribution in [1.82, 2.24) is 0 Å². The van der Waals surface area contributed by atoms with Gasteiger partial charge in [-0.2, -0.15) is 0 Å². The first-order valence-electron chi connectivity index (χ1n) is 4.37. The molecule has 0 aromatic heterocycles. The van der Waals surface area contributed by atoms with Crippen molar-refractivity contribution in [1.29, 1.82) is 0 Å². The molecule has 13 heavy (non-hydrogen) atoms. The first-order chi connectivity index (χ1) is 6.24. The number of hydrogen-bond donors (Lipinski definition) is 0. The molecule has 2 aliphatic carbocycles. The number of fused-ring (bicyclic) bond motifs is 1. The number of methoxy groups -OCH3 is 1. The van der Waals surface area contributed by atoms with E-state index in [1.807, 2.05) is 0 Å². The van der Waals surface area contributed by atoms with Crippen LogP contribution in [0.2, 0.25) is 0 Å². The van der Waals surface area contributed by atoms with Crippen LogP contribution in [0.15, 0.2) is 5.11 Å². The van der Waals surface area contributed by atoms with Gasteiger partial charge in [0.15, 0.2) is 0 Å². The summed E-state index contributed by atoms with van der Waals surface area (Å²) in [6.45, 7) is 0. The molecule has 0 amide bonds. The summed E-state index contributed by atoms with van der Waals surface area (Å²) in [6, 6.07) is 0.0177. The van der Waals surface area contributed by atoms with Crippen LogP contribution in [0.4, 0.5) is 0 Å². The van der Waals surface area contributed by atoms with Crippen LogP contribution in [0, 0.1) is 11.3 Å². The largest absolute Gasteiger partial charge is 0.469 e. The summed E-state index contributed by atoms with van der Waals surface area (Å²) in [7, 11) is 1.41. The zero-order valence-electron chi connectivity index (χ0n) is 7.43. The van der Waals surface area contributed by atoms with Crippen LogP contribution < -0.4 is 0 Å². The van der Waals surface area contributed by atoms with E-state index in [9.17, 15) is 4.79 Å². The average Bonchev–Trinajstić information content (AvgIpc) is 2.79. The summed E-state index contributed by atoms with van der Waals surface area (Å²) in [5.74, 6) is 0.115. The van der Waals surface area contributed by atoms with Gasteiger partial charge in [-0.25, -0.2) is 0 Å². The zero-order valence-corrected chi connectivity index (χ0v) is 7.43. The van der Waals surface area contributed by atoms with E-state index in [4.69, 9.17) is 10.3 Å². The van der Waals surface area contributed by atoms with Crippen molar-refractivity contribution in [2.45, 2.75) is 25.3 Å². The van der Waals surface area contributed by atoms with E-state index in [0.717, 1.165) is 19.3 Å². The van der Waals surface area contributed by atoms with E-state index in [1.165, 1.54) is 7.11 Å². The smallest absolute Gasteiger partial charge is 0.312 e. The molecule has 0 saturated heterocycles. The fraction of sp³-hybridized carbons (Fsp3) is 0.875. The molecule has 0 aromatic rings. The number of carbonyl (C=O) groups is 1. The van der Waals surface area contributed by atoms with Gasteiger partial charge in [-0.1, -0.05) is 5.11 Å². The highest BCUT2D eigenvalue weighted by Crippen LogP contribution is 2.64. The maximum Gasteiger partial charge on any atom is 0.312 e. The van der Waals surface area contributed by atoms with Gasteiger partial charge >= 0.3 is 5.97 Å².